The molecule has 0 spiro atoms. The zero-order chi connectivity index (χ0) is 16.0. The van der Waals surface area contributed by atoms with Gasteiger partial charge in [-0.25, -0.2) is 0 Å². The molecule has 0 unspecified atom stereocenters. The number of hydrogen-bond acceptors (Lipinski definition) is 4. The molecule has 0 saturated carbocycles. The van der Waals surface area contributed by atoms with Crippen molar-refractivity contribution in [2.45, 2.75) is 26.3 Å². The molecule has 1 rings (SSSR count). The van der Waals surface area contributed by atoms with E-state index < -0.39 is 0 Å². The molecule has 5 nitrogen and oxygen atoms in total. The SMILES string of the molecule is COc1cccc(C(=O)N(CCC(N)=S)C(C)C)c1OC. The van der Waals surface area contributed by atoms with E-state index >= 15 is 0 Å². The van der Waals surface area contributed by atoms with Crippen molar-refractivity contribution < 1.29 is 14.3 Å². The second kappa shape index (κ2) is 7.83. The van der Waals surface area contributed by atoms with Crippen molar-refractivity contribution >= 4 is 23.1 Å². The number of ether oxygens (including phenoxy) is 2. The van der Waals surface area contributed by atoms with E-state index in [2.05, 4.69) is 0 Å². The second-order valence-corrected chi connectivity index (χ2v) is 5.37. The number of carbonyl (C=O) groups is 1. The lowest BCUT2D eigenvalue weighted by molar-refractivity contribution is 0.0707. The molecule has 0 radical (unpaired) electrons. The van der Waals surface area contributed by atoms with Crippen molar-refractivity contribution in [3.05, 3.63) is 23.8 Å². The third-order valence-electron chi connectivity index (χ3n) is 3.12. The van der Waals surface area contributed by atoms with Crippen LogP contribution in [0.3, 0.4) is 0 Å². The fourth-order valence-electron chi connectivity index (χ4n) is 2.04. The van der Waals surface area contributed by atoms with Gasteiger partial charge in [0.15, 0.2) is 11.5 Å². The number of amides is 1. The number of carbonyl (C=O) groups excluding carboxylic acids is 1. The molecule has 116 valence electrons. The van der Waals surface area contributed by atoms with Crippen LogP contribution in [0.4, 0.5) is 0 Å². The molecule has 1 aromatic rings. The van der Waals surface area contributed by atoms with Crippen molar-refractivity contribution in [2.75, 3.05) is 20.8 Å². The Morgan fingerprint density at radius 2 is 2.00 bits per heavy atom. The Balaban J connectivity index is 3.11. The molecule has 0 bridgehead atoms. The summed E-state index contributed by atoms with van der Waals surface area (Å²) in [6, 6.07) is 5.27. The standard InChI is InChI=1S/C15H22N2O3S/c1-10(2)17(9-8-13(16)21)15(18)11-6-5-7-12(19-3)14(11)20-4/h5-7,10H,8-9H2,1-4H3,(H2,16,21). The van der Waals surface area contributed by atoms with Crippen molar-refractivity contribution in [3.63, 3.8) is 0 Å². The van der Waals surface area contributed by atoms with E-state index in [4.69, 9.17) is 27.4 Å². The third-order valence-corrected chi connectivity index (χ3v) is 3.32. The summed E-state index contributed by atoms with van der Waals surface area (Å²) >= 11 is 4.89. The first kappa shape index (κ1) is 17.2. The summed E-state index contributed by atoms with van der Waals surface area (Å²) < 4.78 is 10.5. The second-order valence-electron chi connectivity index (χ2n) is 4.85. The molecule has 6 heteroatoms. The Morgan fingerprint density at radius 1 is 1.33 bits per heavy atom. The number of benzene rings is 1. The minimum Gasteiger partial charge on any atom is -0.493 e. The minimum atomic E-state index is -0.128. The molecule has 2 N–H and O–H groups in total. The number of nitrogens with zero attached hydrogens (tertiary/aromatic N) is 1. The first-order valence-corrected chi connectivity index (χ1v) is 7.13. The van der Waals surface area contributed by atoms with Crippen LogP contribution in [0.25, 0.3) is 0 Å². The van der Waals surface area contributed by atoms with Crippen LogP contribution in [0.2, 0.25) is 0 Å². The fourth-order valence-corrected chi connectivity index (χ4v) is 2.13. The van der Waals surface area contributed by atoms with Gasteiger partial charge in [-0.15, -0.1) is 0 Å². The van der Waals surface area contributed by atoms with E-state index in [0.29, 0.717) is 35.0 Å². The third kappa shape index (κ3) is 4.32. The lowest BCUT2D eigenvalue weighted by Gasteiger charge is -2.27. The van der Waals surface area contributed by atoms with Gasteiger partial charge < -0.3 is 20.1 Å². The molecule has 0 saturated heterocycles. The highest BCUT2D eigenvalue weighted by molar-refractivity contribution is 7.80. The summed E-state index contributed by atoms with van der Waals surface area (Å²) in [6.45, 7) is 4.38. The number of thiocarbonyl (C=S) groups is 1. The lowest BCUT2D eigenvalue weighted by atomic mass is 10.1. The maximum atomic E-state index is 12.8. The van der Waals surface area contributed by atoms with Crippen molar-refractivity contribution in [3.8, 4) is 11.5 Å². The normalized spacial score (nSPS) is 10.3. The van der Waals surface area contributed by atoms with Crippen molar-refractivity contribution in [1.29, 1.82) is 0 Å². The average molecular weight is 310 g/mol. The van der Waals surface area contributed by atoms with Gasteiger partial charge in [0.1, 0.15) is 0 Å². The largest absolute Gasteiger partial charge is 0.493 e. The van der Waals surface area contributed by atoms with Gasteiger partial charge in [0.2, 0.25) is 0 Å². The van der Waals surface area contributed by atoms with Gasteiger partial charge in [-0.05, 0) is 26.0 Å². The molecule has 0 aromatic heterocycles. The number of methoxy groups -OCH3 is 2. The van der Waals surface area contributed by atoms with Gasteiger partial charge in [-0.1, -0.05) is 18.3 Å². The van der Waals surface area contributed by atoms with E-state index in [1.807, 2.05) is 13.8 Å². The monoisotopic (exact) mass is 310 g/mol. The van der Waals surface area contributed by atoms with Crippen LogP contribution in [0.1, 0.15) is 30.6 Å². The predicted octanol–water partition coefficient (Wildman–Crippen LogP) is 2.23. The van der Waals surface area contributed by atoms with Crippen LogP contribution < -0.4 is 15.2 Å². The van der Waals surface area contributed by atoms with Gasteiger partial charge in [-0.3, -0.25) is 4.79 Å². The topological polar surface area (TPSA) is 64.8 Å². The Bertz CT molecular complexity index is 518. The highest BCUT2D eigenvalue weighted by Gasteiger charge is 2.23. The van der Waals surface area contributed by atoms with Gasteiger partial charge in [0.05, 0.1) is 24.8 Å². The van der Waals surface area contributed by atoms with Gasteiger partial charge in [0.25, 0.3) is 5.91 Å². The van der Waals surface area contributed by atoms with Crippen LogP contribution >= 0.6 is 12.2 Å². The molecule has 1 amide bonds. The molecule has 0 aliphatic heterocycles. The zero-order valence-electron chi connectivity index (χ0n) is 12.9. The van der Waals surface area contributed by atoms with Crippen LogP contribution in [-0.2, 0) is 0 Å². The van der Waals surface area contributed by atoms with E-state index in [1.54, 1.807) is 30.2 Å². The first-order chi connectivity index (χ1) is 9.92. The zero-order valence-corrected chi connectivity index (χ0v) is 13.7. The van der Waals surface area contributed by atoms with Crippen LogP contribution in [0, 0.1) is 0 Å². The van der Waals surface area contributed by atoms with E-state index in [0.717, 1.165) is 0 Å². The Kier molecular flexibility index (Phi) is 6.42. The number of nitrogens with two attached hydrogens (primary N) is 1. The number of para-hydroxylation sites is 1. The molecule has 0 aliphatic rings. The summed E-state index contributed by atoms with van der Waals surface area (Å²) in [5.74, 6) is 0.837. The van der Waals surface area contributed by atoms with E-state index in [1.165, 1.54) is 7.11 Å². The Labute approximate surface area is 131 Å². The van der Waals surface area contributed by atoms with Crippen molar-refractivity contribution in [2.24, 2.45) is 5.73 Å². The quantitative estimate of drug-likeness (QED) is 0.782. The Hall–Kier alpha value is -1.82. The summed E-state index contributed by atoms with van der Waals surface area (Å²) in [5, 5.41) is 0. The number of rotatable bonds is 7. The summed E-state index contributed by atoms with van der Waals surface area (Å²) in [6.07, 6.45) is 0.492. The highest BCUT2D eigenvalue weighted by atomic mass is 32.1. The molecular weight excluding hydrogens is 288 g/mol. The molecule has 0 heterocycles. The fraction of sp³-hybridized carbons (Fsp3) is 0.467. The van der Waals surface area contributed by atoms with E-state index in [-0.39, 0.29) is 11.9 Å². The molecular formula is C15H22N2O3S. The maximum Gasteiger partial charge on any atom is 0.258 e. The van der Waals surface area contributed by atoms with Gasteiger partial charge in [-0.2, -0.15) is 0 Å². The molecule has 21 heavy (non-hydrogen) atoms. The van der Waals surface area contributed by atoms with Gasteiger partial charge in [0, 0.05) is 19.0 Å². The maximum absolute atomic E-state index is 12.8. The Morgan fingerprint density at radius 3 is 2.48 bits per heavy atom. The lowest BCUT2D eigenvalue weighted by Crippen LogP contribution is -2.39. The molecule has 0 fully saturated rings. The minimum absolute atomic E-state index is 0.0303. The summed E-state index contributed by atoms with van der Waals surface area (Å²) in [4.78, 5) is 14.9. The van der Waals surface area contributed by atoms with Gasteiger partial charge >= 0.3 is 0 Å². The van der Waals surface area contributed by atoms with Crippen molar-refractivity contribution in [1.82, 2.24) is 4.90 Å². The summed E-state index contributed by atoms with van der Waals surface area (Å²) in [7, 11) is 3.06. The molecule has 0 atom stereocenters. The predicted molar refractivity (Wildman–Crippen MR) is 87.1 cm³/mol. The highest BCUT2D eigenvalue weighted by Crippen LogP contribution is 2.31. The first-order valence-electron chi connectivity index (χ1n) is 6.72. The average Bonchev–Trinajstić information content (AvgIpc) is 2.45. The molecule has 1 aromatic carbocycles. The van der Waals surface area contributed by atoms with E-state index in [9.17, 15) is 4.79 Å². The molecule has 0 aliphatic carbocycles. The van der Waals surface area contributed by atoms with Crippen LogP contribution in [0.15, 0.2) is 18.2 Å². The number of hydrogen-bond donors (Lipinski definition) is 1. The van der Waals surface area contributed by atoms with Crippen LogP contribution in [0.5, 0.6) is 11.5 Å². The summed E-state index contributed by atoms with van der Waals surface area (Å²) in [5.41, 5.74) is 6.00. The smallest absolute Gasteiger partial charge is 0.258 e. The van der Waals surface area contributed by atoms with Crippen LogP contribution in [-0.4, -0.2) is 42.6 Å².